The van der Waals surface area contributed by atoms with Gasteiger partial charge in [0.2, 0.25) is 0 Å². The van der Waals surface area contributed by atoms with Crippen LogP contribution >= 0.6 is 0 Å². The highest BCUT2D eigenvalue weighted by atomic mass is 32.2. The van der Waals surface area contributed by atoms with E-state index in [1.54, 1.807) is 11.8 Å². The topological polar surface area (TPSA) is 112 Å². The standard InChI is InChI=1S/C13H17N5O3S/c1-8-9(6-14-16-8)13(19)18-5-3-4-10(18)12-11(7-15-17-12)22(2,20)21/h6-7,10H,3-5H2,1-2H3,(H,14,16)(H,15,17)/t10-/m0/s1. The van der Waals surface area contributed by atoms with Gasteiger partial charge in [0.25, 0.3) is 5.91 Å². The third-order valence-electron chi connectivity index (χ3n) is 3.94. The van der Waals surface area contributed by atoms with E-state index in [0.29, 0.717) is 29.9 Å². The van der Waals surface area contributed by atoms with Crippen LogP contribution in [0.25, 0.3) is 0 Å². The maximum absolute atomic E-state index is 12.7. The Morgan fingerprint density at radius 3 is 2.68 bits per heavy atom. The van der Waals surface area contributed by atoms with Crippen molar-refractivity contribution < 1.29 is 13.2 Å². The molecule has 3 rings (SSSR count). The molecule has 1 atom stereocenters. The first-order valence-corrected chi connectivity index (χ1v) is 8.83. The molecule has 22 heavy (non-hydrogen) atoms. The highest BCUT2D eigenvalue weighted by molar-refractivity contribution is 7.90. The van der Waals surface area contributed by atoms with Crippen molar-refractivity contribution >= 4 is 15.7 Å². The van der Waals surface area contributed by atoms with Gasteiger partial charge in [0.15, 0.2) is 9.84 Å². The summed E-state index contributed by atoms with van der Waals surface area (Å²) >= 11 is 0. The normalized spacial score (nSPS) is 18.8. The quantitative estimate of drug-likeness (QED) is 0.868. The third-order valence-corrected chi connectivity index (χ3v) is 5.06. The summed E-state index contributed by atoms with van der Waals surface area (Å²) in [7, 11) is -3.39. The van der Waals surface area contributed by atoms with Gasteiger partial charge in [-0.15, -0.1) is 0 Å². The first kappa shape index (κ1) is 14.8. The molecule has 118 valence electrons. The van der Waals surface area contributed by atoms with E-state index < -0.39 is 9.84 Å². The number of aromatic amines is 2. The van der Waals surface area contributed by atoms with Crippen molar-refractivity contribution in [3.8, 4) is 0 Å². The minimum absolute atomic E-state index is 0.150. The Bertz CT molecular complexity index is 807. The zero-order valence-corrected chi connectivity index (χ0v) is 13.1. The van der Waals surface area contributed by atoms with Crippen molar-refractivity contribution in [3.05, 3.63) is 29.3 Å². The fourth-order valence-electron chi connectivity index (χ4n) is 2.85. The van der Waals surface area contributed by atoms with Crippen LogP contribution in [0.15, 0.2) is 17.3 Å². The number of carbonyl (C=O) groups excluding carboxylic acids is 1. The molecule has 0 aromatic carbocycles. The second kappa shape index (κ2) is 5.24. The summed E-state index contributed by atoms with van der Waals surface area (Å²) in [6, 6.07) is -0.311. The predicted octanol–water partition coefficient (Wildman–Crippen LogP) is 0.822. The first-order chi connectivity index (χ1) is 10.4. The molecule has 1 amide bonds. The van der Waals surface area contributed by atoms with E-state index in [1.165, 1.54) is 12.4 Å². The van der Waals surface area contributed by atoms with Crippen LogP contribution in [0.1, 0.15) is 40.6 Å². The summed E-state index contributed by atoms with van der Waals surface area (Å²) in [6.45, 7) is 2.36. The SMILES string of the molecule is Cc1[nH]ncc1C(=O)N1CCC[C@H]1c1[nH]ncc1S(C)(=O)=O. The van der Waals surface area contributed by atoms with E-state index in [-0.39, 0.29) is 16.8 Å². The van der Waals surface area contributed by atoms with Crippen molar-refractivity contribution in [2.75, 3.05) is 12.8 Å². The number of nitrogens with zero attached hydrogens (tertiary/aromatic N) is 3. The van der Waals surface area contributed by atoms with E-state index in [2.05, 4.69) is 20.4 Å². The summed E-state index contributed by atoms with van der Waals surface area (Å²) in [6.07, 6.45) is 5.46. The van der Waals surface area contributed by atoms with E-state index in [0.717, 1.165) is 12.7 Å². The Labute approximate surface area is 127 Å². The van der Waals surface area contributed by atoms with Crippen LogP contribution in [0.3, 0.4) is 0 Å². The van der Waals surface area contributed by atoms with Crippen LogP contribution in [0, 0.1) is 6.92 Å². The lowest BCUT2D eigenvalue weighted by molar-refractivity contribution is 0.0730. The molecule has 0 radical (unpaired) electrons. The van der Waals surface area contributed by atoms with Crippen molar-refractivity contribution in [3.63, 3.8) is 0 Å². The van der Waals surface area contributed by atoms with E-state index in [1.807, 2.05) is 0 Å². The molecule has 2 aromatic rings. The minimum atomic E-state index is -3.39. The van der Waals surface area contributed by atoms with Crippen LogP contribution in [0.2, 0.25) is 0 Å². The summed E-state index contributed by atoms with van der Waals surface area (Å²) in [5.74, 6) is -0.150. The Morgan fingerprint density at radius 2 is 2.05 bits per heavy atom. The van der Waals surface area contributed by atoms with Crippen LogP contribution < -0.4 is 0 Å². The molecule has 1 fully saturated rings. The number of aryl methyl sites for hydroxylation is 1. The zero-order chi connectivity index (χ0) is 15.9. The number of nitrogens with one attached hydrogen (secondary N) is 2. The number of carbonyl (C=O) groups is 1. The maximum Gasteiger partial charge on any atom is 0.257 e. The highest BCUT2D eigenvalue weighted by Gasteiger charge is 2.35. The van der Waals surface area contributed by atoms with Gasteiger partial charge < -0.3 is 4.90 Å². The molecule has 0 bridgehead atoms. The molecule has 1 aliphatic rings. The smallest absolute Gasteiger partial charge is 0.257 e. The number of sulfone groups is 1. The van der Waals surface area contributed by atoms with Crippen LogP contribution in [-0.2, 0) is 9.84 Å². The van der Waals surface area contributed by atoms with Crippen molar-refractivity contribution in [1.82, 2.24) is 25.3 Å². The molecule has 0 unspecified atom stereocenters. The van der Waals surface area contributed by atoms with Gasteiger partial charge in [0.1, 0.15) is 4.90 Å². The van der Waals surface area contributed by atoms with E-state index >= 15 is 0 Å². The van der Waals surface area contributed by atoms with Gasteiger partial charge in [0, 0.05) is 18.5 Å². The molecule has 0 saturated carbocycles. The summed E-state index contributed by atoms with van der Waals surface area (Å²) < 4.78 is 23.7. The van der Waals surface area contributed by atoms with Crippen molar-refractivity contribution in [2.24, 2.45) is 0 Å². The predicted molar refractivity (Wildman–Crippen MR) is 78.0 cm³/mol. The first-order valence-electron chi connectivity index (χ1n) is 6.94. The highest BCUT2D eigenvalue weighted by Crippen LogP contribution is 2.35. The van der Waals surface area contributed by atoms with E-state index in [9.17, 15) is 13.2 Å². The van der Waals surface area contributed by atoms with Gasteiger partial charge in [0.05, 0.1) is 29.7 Å². The van der Waals surface area contributed by atoms with Gasteiger partial charge in [-0.05, 0) is 19.8 Å². The van der Waals surface area contributed by atoms with Crippen LogP contribution in [-0.4, -0.2) is 52.4 Å². The Hall–Kier alpha value is -2.16. The number of hydrogen-bond donors (Lipinski definition) is 2. The lowest BCUT2D eigenvalue weighted by Gasteiger charge is -2.24. The molecule has 8 nitrogen and oxygen atoms in total. The molecule has 1 saturated heterocycles. The largest absolute Gasteiger partial charge is 0.330 e. The lowest BCUT2D eigenvalue weighted by atomic mass is 10.1. The Balaban J connectivity index is 1.97. The van der Waals surface area contributed by atoms with Crippen molar-refractivity contribution in [2.45, 2.75) is 30.7 Å². The molecular formula is C13H17N5O3S. The van der Waals surface area contributed by atoms with Crippen molar-refractivity contribution in [1.29, 1.82) is 0 Å². The number of rotatable bonds is 3. The number of aromatic nitrogens is 4. The Morgan fingerprint density at radius 1 is 1.32 bits per heavy atom. The lowest BCUT2D eigenvalue weighted by Crippen LogP contribution is -2.31. The number of amides is 1. The summed E-state index contributed by atoms with van der Waals surface area (Å²) in [5.41, 5.74) is 1.69. The fourth-order valence-corrected chi connectivity index (χ4v) is 3.68. The monoisotopic (exact) mass is 323 g/mol. The van der Waals surface area contributed by atoms with Gasteiger partial charge in [-0.2, -0.15) is 10.2 Å². The number of H-pyrrole nitrogens is 2. The van der Waals surface area contributed by atoms with E-state index in [4.69, 9.17) is 0 Å². The minimum Gasteiger partial charge on any atom is -0.330 e. The molecule has 9 heteroatoms. The number of likely N-dealkylation sites (tertiary alicyclic amines) is 1. The molecule has 0 aliphatic carbocycles. The zero-order valence-electron chi connectivity index (χ0n) is 12.3. The second-order valence-electron chi connectivity index (χ2n) is 5.49. The maximum atomic E-state index is 12.7. The van der Waals surface area contributed by atoms with Gasteiger partial charge in [-0.3, -0.25) is 15.0 Å². The fraction of sp³-hybridized carbons (Fsp3) is 0.462. The van der Waals surface area contributed by atoms with Gasteiger partial charge in [-0.1, -0.05) is 0 Å². The van der Waals surface area contributed by atoms with Gasteiger partial charge >= 0.3 is 0 Å². The third kappa shape index (κ3) is 2.41. The average Bonchev–Trinajstić information content (AvgIpc) is 3.16. The molecule has 3 heterocycles. The molecule has 0 spiro atoms. The molecular weight excluding hydrogens is 306 g/mol. The van der Waals surface area contributed by atoms with Crippen LogP contribution in [0.5, 0.6) is 0 Å². The van der Waals surface area contributed by atoms with Crippen LogP contribution in [0.4, 0.5) is 0 Å². The summed E-state index contributed by atoms with van der Waals surface area (Å²) in [4.78, 5) is 14.5. The molecule has 2 N–H and O–H groups in total. The average molecular weight is 323 g/mol. The second-order valence-corrected chi connectivity index (χ2v) is 7.47. The summed E-state index contributed by atoms with van der Waals surface area (Å²) in [5, 5.41) is 13.2. The Kier molecular flexibility index (Phi) is 3.51. The van der Waals surface area contributed by atoms with Gasteiger partial charge in [-0.25, -0.2) is 8.42 Å². The molecule has 1 aliphatic heterocycles. The number of hydrogen-bond acceptors (Lipinski definition) is 5. The molecule has 2 aromatic heterocycles.